The average Bonchev–Trinajstić information content (AvgIpc) is 2.58. The Labute approximate surface area is 148 Å². The lowest BCUT2D eigenvalue weighted by molar-refractivity contribution is -0.164. The van der Waals surface area contributed by atoms with Crippen molar-refractivity contribution in [2.24, 2.45) is 0 Å². The molecule has 2 aromatic rings. The minimum atomic E-state index is -5.53. The Morgan fingerprint density at radius 1 is 1.00 bits per heavy atom. The Kier molecular flexibility index (Phi) is 5.63. The van der Waals surface area contributed by atoms with E-state index in [1.54, 1.807) is 36.4 Å². The van der Waals surface area contributed by atoms with Gasteiger partial charge in [-0.3, -0.25) is 9.36 Å². The molecule has 0 heterocycles. The van der Waals surface area contributed by atoms with E-state index < -0.39 is 30.8 Å². The van der Waals surface area contributed by atoms with Gasteiger partial charge in [-0.25, -0.2) is 4.79 Å². The molecule has 2 rings (SSSR count). The van der Waals surface area contributed by atoms with E-state index in [9.17, 15) is 34.2 Å². The second-order valence-electron chi connectivity index (χ2n) is 5.51. The minimum Gasteiger partial charge on any atom is -0.481 e. The largest absolute Gasteiger partial charge is 0.481 e. The highest BCUT2D eigenvalue weighted by atomic mass is 31.2. The van der Waals surface area contributed by atoms with Crippen LogP contribution in [0, 0.1) is 0 Å². The Morgan fingerprint density at radius 2 is 1.58 bits per heavy atom. The van der Waals surface area contributed by atoms with Crippen LogP contribution in [0.15, 0.2) is 54.6 Å². The summed E-state index contributed by atoms with van der Waals surface area (Å²) in [6, 6.07) is 14.7. The van der Waals surface area contributed by atoms with Gasteiger partial charge in [0.2, 0.25) is 0 Å². The van der Waals surface area contributed by atoms with E-state index in [1.807, 2.05) is 0 Å². The Bertz CT molecular complexity index is 860. The van der Waals surface area contributed by atoms with E-state index in [1.165, 1.54) is 18.2 Å². The zero-order chi connectivity index (χ0) is 19.5. The molecule has 2 unspecified atom stereocenters. The summed E-state index contributed by atoms with van der Waals surface area (Å²) < 4.78 is 16.6. The molecule has 0 aromatic heterocycles. The molecule has 0 saturated heterocycles. The first kappa shape index (κ1) is 19.8. The van der Waals surface area contributed by atoms with Gasteiger partial charge in [-0.05, 0) is 16.7 Å². The zero-order valence-electron chi connectivity index (χ0n) is 13.6. The van der Waals surface area contributed by atoms with Crippen molar-refractivity contribution in [2.75, 3.05) is 7.11 Å². The fourth-order valence-electron chi connectivity index (χ4n) is 2.80. The maximum atomic E-state index is 11.9. The third kappa shape index (κ3) is 3.40. The van der Waals surface area contributed by atoms with E-state index in [2.05, 4.69) is 4.74 Å². The monoisotopic (exact) mass is 380 g/mol. The van der Waals surface area contributed by atoms with Gasteiger partial charge in [-0.2, -0.15) is 0 Å². The van der Waals surface area contributed by atoms with Crippen LogP contribution in [0.3, 0.4) is 0 Å². The molecule has 0 amide bonds. The van der Waals surface area contributed by atoms with Crippen molar-refractivity contribution in [3.8, 4) is 11.1 Å². The van der Waals surface area contributed by atoms with Gasteiger partial charge in [0.1, 0.15) is 5.92 Å². The average molecular weight is 380 g/mol. The molecule has 8 nitrogen and oxygen atoms in total. The van der Waals surface area contributed by atoms with Crippen molar-refractivity contribution >= 4 is 19.5 Å². The SMILES string of the molecule is COC(C(=O)O)(C(C(=O)O)c1cccc(-c2ccccc2)c1)P(=O)(O)O. The van der Waals surface area contributed by atoms with Crippen molar-refractivity contribution < 1.29 is 38.9 Å². The second-order valence-corrected chi connectivity index (χ2v) is 7.26. The quantitative estimate of drug-likeness (QED) is 0.535. The van der Waals surface area contributed by atoms with Gasteiger partial charge in [0.25, 0.3) is 5.34 Å². The summed E-state index contributed by atoms with van der Waals surface area (Å²) >= 11 is 0. The standard InChI is InChI=1S/C17H17O8P/c1-25-17(16(20)21,26(22,23)24)14(15(18)19)13-9-5-8-12(10-13)11-6-3-2-4-7-11/h2-10,14H,1H3,(H,18,19)(H,20,21)(H2,22,23,24). The van der Waals surface area contributed by atoms with Crippen molar-refractivity contribution in [3.63, 3.8) is 0 Å². The summed E-state index contributed by atoms with van der Waals surface area (Å²) in [5.74, 6) is -5.93. The minimum absolute atomic E-state index is 0.105. The van der Waals surface area contributed by atoms with Crippen LogP contribution in [0.5, 0.6) is 0 Å². The number of carboxylic acid groups (broad SMARTS) is 2. The van der Waals surface area contributed by atoms with Crippen molar-refractivity contribution in [2.45, 2.75) is 11.3 Å². The topological polar surface area (TPSA) is 141 Å². The van der Waals surface area contributed by atoms with Crippen LogP contribution < -0.4 is 0 Å². The number of hydrogen-bond donors (Lipinski definition) is 4. The first-order valence-corrected chi connectivity index (χ1v) is 8.98. The van der Waals surface area contributed by atoms with Gasteiger partial charge >= 0.3 is 19.5 Å². The Balaban J connectivity index is 2.70. The van der Waals surface area contributed by atoms with Gasteiger partial charge in [0, 0.05) is 7.11 Å². The molecule has 9 heteroatoms. The highest BCUT2D eigenvalue weighted by molar-refractivity contribution is 7.54. The molecule has 2 atom stereocenters. The van der Waals surface area contributed by atoms with Crippen LogP contribution in [0.25, 0.3) is 11.1 Å². The molecule has 0 aliphatic carbocycles. The van der Waals surface area contributed by atoms with E-state index in [4.69, 9.17) is 0 Å². The summed E-state index contributed by atoms with van der Waals surface area (Å²) in [7, 11) is -4.77. The molecule has 0 spiro atoms. The normalized spacial score (nSPS) is 15.0. The van der Waals surface area contributed by atoms with Crippen molar-refractivity contribution in [1.82, 2.24) is 0 Å². The molecular formula is C17H17O8P. The molecule has 138 valence electrons. The second kappa shape index (κ2) is 7.39. The van der Waals surface area contributed by atoms with E-state index in [0.717, 1.165) is 12.7 Å². The van der Waals surface area contributed by atoms with Crippen LogP contribution in [0.4, 0.5) is 0 Å². The van der Waals surface area contributed by atoms with E-state index in [0.29, 0.717) is 5.56 Å². The highest BCUT2D eigenvalue weighted by Gasteiger charge is 2.63. The predicted molar refractivity (Wildman–Crippen MR) is 91.7 cm³/mol. The molecule has 0 radical (unpaired) electrons. The maximum Gasteiger partial charge on any atom is 0.370 e. The fourth-order valence-corrected chi connectivity index (χ4v) is 3.89. The first-order chi connectivity index (χ1) is 12.1. The van der Waals surface area contributed by atoms with Crippen molar-refractivity contribution in [3.05, 3.63) is 60.2 Å². The number of methoxy groups -OCH3 is 1. The number of benzene rings is 2. The van der Waals surface area contributed by atoms with Gasteiger partial charge in [-0.15, -0.1) is 0 Å². The molecule has 26 heavy (non-hydrogen) atoms. The summed E-state index contributed by atoms with van der Waals surface area (Å²) in [5.41, 5.74) is 1.19. The molecule has 2 aromatic carbocycles. The zero-order valence-corrected chi connectivity index (χ0v) is 14.5. The number of carboxylic acids is 2. The smallest absolute Gasteiger partial charge is 0.370 e. The van der Waals surface area contributed by atoms with Crippen LogP contribution in [0.2, 0.25) is 0 Å². The fraction of sp³-hybridized carbons (Fsp3) is 0.176. The molecule has 0 aliphatic heterocycles. The highest BCUT2D eigenvalue weighted by Crippen LogP contribution is 2.58. The molecule has 0 saturated carbocycles. The lowest BCUT2D eigenvalue weighted by atomic mass is 9.90. The number of carbonyl (C=O) groups is 2. The van der Waals surface area contributed by atoms with Crippen molar-refractivity contribution in [1.29, 1.82) is 0 Å². The lowest BCUT2D eigenvalue weighted by Crippen LogP contribution is -2.49. The van der Waals surface area contributed by atoms with E-state index in [-0.39, 0.29) is 5.56 Å². The molecule has 0 bridgehead atoms. The van der Waals surface area contributed by atoms with Crippen LogP contribution in [0.1, 0.15) is 11.5 Å². The third-order valence-electron chi connectivity index (χ3n) is 4.02. The summed E-state index contributed by atoms with van der Waals surface area (Å²) in [6.45, 7) is 0. The van der Waals surface area contributed by atoms with Crippen LogP contribution in [-0.2, 0) is 18.9 Å². The molecular weight excluding hydrogens is 363 g/mol. The van der Waals surface area contributed by atoms with Gasteiger partial charge in [0.05, 0.1) is 0 Å². The van der Waals surface area contributed by atoms with Gasteiger partial charge in [0.15, 0.2) is 0 Å². The van der Waals surface area contributed by atoms with Crippen LogP contribution in [-0.4, -0.2) is 44.4 Å². The summed E-state index contributed by atoms with van der Waals surface area (Å²) in [6.07, 6.45) is 0. The predicted octanol–water partition coefficient (Wildman–Crippen LogP) is 2.13. The first-order valence-electron chi connectivity index (χ1n) is 7.37. The Morgan fingerprint density at radius 3 is 2.04 bits per heavy atom. The summed E-state index contributed by atoms with van der Waals surface area (Å²) in [5, 5.41) is 15.8. The maximum absolute atomic E-state index is 11.9. The number of rotatable bonds is 7. The third-order valence-corrected chi connectivity index (χ3v) is 5.51. The molecule has 0 aliphatic rings. The van der Waals surface area contributed by atoms with Gasteiger partial charge in [-0.1, -0.05) is 54.6 Å². The summed E-state index contributed by atoms with van der Waals surface area (Å²) in [4.78, 5) is 42.7. The van der Waals surface area contributed by atoms with E-state index >= 15 is 0 Å². The van der Waals surface area contributed by atoms with Gasteiger partial charge < -0.3 is 24.7 Å². The molecule has 0 fully saturated rings. The number of ether oxygens (including phenoxy) is 1. The lowest BCUT2D eigenvalue weighted by Gasteiger charge is -2.33. The Hall–Kier alpha value is -2.51. The molecule has 4 N–H and O–H groups in total. The van der Waals surface area contributed by atoms with Crippen LogP contribution >= 0.6 is 7.60 Å². The number of aliphatic carboxylic acids is 2. The number of hydrogen-bond acceptors (Lipinski definition) is 4.